The summed E-state index contributed by atoms with van der Waals surface area (Å²) in [5.41, 5.74) is 3.85. The summed E-state index contributed by atoms with van der Waals surface area (Å²) in [7, 11) is 3.12. The van der Waals surface area contributed by atoms with Gasteiger partial charge in [-0.25, -0.2) is 0 Å². The van der Waals surface area contributed by atoms with E-state index in [-0.39, 0.29) is 12.5 Å². The predicted octanol–water partition coefficient (Wildman–Crippen LogP) is 4.04. The zero-order valence-corrected chi connectivity index (χ0v) is 19.6. The van der Waals surface area contributed by atoms with Crippen molar-refractivity contribution in [1.82, 2.24) is 4.57 Å². The van der Waals surface area contributed by atoms with Crippen LogP contribution in [0.5, 0.6) is 11.5 Å². The van der Waals surface area contributed by atoms with Crippen molar-refractivity contribution in [3.05, 3.63) is 57.9 Å². The standard InChI is InChI=1S/C24H26N2O5S/c1-6-31-23(28)14-26-18-11-15(2)16(3)12-21(18)32-24(26)25-22(27)10-8-17-7-9-19(29-4)20(13-17)30-5/h7-13H,6,14H2,1-5H3. The Morgan fingerprint density at radius 2 is 1.78 bits per heavy atom. The Kier molecular flexibility index (Phi) is 7.48. The second-order valence-electron chi connectivity index (χ2n) is 7.08. The molecule has 0 aliphatic heterocycles. The van der Waals surface area contributed by atoms with E-state index in [0.29, 0.717) is 22.9 Å². The molecule has 0 aliphatic rings. The normalized spacial score (nSPS) is 11.8. The lowest BCUT2D eigenvalue weighted by Crippen LogP contribution is -2.22. The highest BCUT2D eigenvalue weighted by Crippen LogP contribution is 2.28. The first-order valence-corrected chi connectivity index (χ1v) is 10.9. The van der Waals surface area contributed by atoms with Crippen molar-refractivity contribution in [1.29, 1.82) is 0 Å². The number of hydrogen-bond donors (Lipinski definition) is 0. The van der Waals surface area contributed by atoms with Crippen molar-refractivity contribution >= 4 is 39.5 Å². The summed E-state index contributed by atoms with van der Waals surface area (Å²) in [6.45, 7) is 6.07. The van der Waals surface area contributed by atoms with Crippen LogP contribution in [0.15, 0.2) is 41.4 Å². The molecule has 32 heavy (non-hydrogen) atoms. The molecule has 7 nitrogen and oxygen atoms in total. The van der Waals surface area contributed by atoms with Gasteiger partial charge in [0, 0.05) is 6.08 Å². The summed E-state index contributed by atoms with van der Waals surface area (Å²) in [5, 5.41) is 0. The highest BCUT2D eigenvalue weighted by atomic mass is 32.1. The van der Waals surface area contributed by atoms with Gasteiger partial charge in [-0.1, -0.05) is 17.4 Å². The molecule has 0 fully saturated rings. The summed E-state index contributed by atoms with van der Waals surface area (Å²) in [5.74, 6) is 0.371. The Hall–Kier alpha value is -3.39. The molecule has 0 bridgehead atoms. The smallest absolute Gasteiger partial charge is 0.326 e. The Labute approximate surface area is 190 Å². The maximum Gasteiger partial charge on any atom is 0.326 e. The third kappa shape index (κ3) is 5.26. The molecule has 0 atom stereocenters. The molecule has 8 heteroatoms. The topological polar surface area (TPSA) is 79.1 Å². The lowest BCUT2D eigenvalue weighted by molar-refractivity contribution is -0.143. The molecule has 0 saturated heterocycles. The Bertz CT molecular complexity index is 1250. The van der Waals surface area contributed by atoms with Crippen molar-refractivity contribution in [3.63, 3.8) is 0 Å². The van der Waals surface area contributed by atoms with Crippen LogP contribution in [-0.2, 0) is 20.9 Å². The molecule has 1 aromatic heterocycles. The molecule has 0 unspecified atom stereocenters. The summed E-state index contributed by atoms with van der Waals surface area (Å²) in [6.07, 6.45) is 3.04. The molecular formula is C24H26N2O5S. The second-order valence-corrected chi connectivity index (χ2v) is 8.09. The highest BCUT2D eigenvalue weighted by molar-refractivity contribution is 7.16. The van der Waals surface area contributed by atoms with Gasteiger partial charge in [-0.05, 0) is 67.8 Å². The number of hydrogen-bond acceptors (Lipinski definition) is 6. The Morgan fingerprint density at radius 3 is 2.47 bits per heavy atom. The molecule has 2 aromatic carbocycles. The van der Waals surface area contributed by atoms with Gasteiger partial charge in [-0.3, -0.25) is 9.59 Å². The van der Waals surface area contributed by atoms with E-state index in [4.69, 9.17) is 14.2 Å². The van der Waals surface area contributed by atoms with E-state index in [1.165, 1.54) is 17.4 Å². The van der Waals surface area contributed by atoms with Crippen LogP contribution in [0.25, 0.3) is 16.3 Å². The largest absolute Gasteiger partial charge is 0.493 e. The fraction of sp³-hybridized carbons (Fsp3) is 0.292. The first-order chi connectivity index (χ1) is 15.4. The first-order valence-electron chi connectivity index (χ1n) is 10.1. The van der Waals surface area contributed by atoms with Crippen LogP contribution in [0.2, 0.25) is 0 Å². The maximum absolute atomic E-state index is 12.6. The Morgan fingerprint density at radius 1 is 1.06 bits per heavy atom. The van der Waals surface area contributed by atoms with Crippen molar-refractivity contribution in [3.8, 4) is 11.5 Å². The van der Waals surface area contributed by atoms with Crippen LogP contribution < -0.4 is 14.3 Å². The van der Waals surface area contributed by atoms with E-state index in [2.05, 4.69) is 4.99 Å². The highest BCUT2D eigenvalue weighted by Gasteiger charge is 2.13. The molecule has 1 heterocycles. The van der Waals surface area contributed by atoms with Crippen LogP contribution in [-0.4, -0.2) is 37.3 Å². The van der Waals surface area contributed by atoms with Gasteiger partial charge in [-0.15, -0.1) is 0 Å². The molecule has 0 aliphatic carbocycles. The fourth-order valence-corrected chi connectivity index (χ4v) is 4.27. The minimum Gasteiger partial charge on any atom is -0.493 e. The minimum atomic E-state index is -0.433. The number of aromatic nitrogens is 1. The summed E-state index contributed by atoms with van der Waals surface area (Å²) < 4.78 is 18.3. The van der Waals surface area contributed by atoms with E-state index < -0.39 is 5.91 Å². The van der Waals surface area contributed by atoms with Crippen LogP contribution in [0.4, 0.5) is 0 Å². The van der Waals surface area contributed by atoms with Gasteiger partial charge in [0.1, 0.15) is 6.54 Å². The van der Waals surface area contributed by atoms with E-state index in [1.54, 1.807) is 43.9 Å². The van der Waals surface area contributed by atoms with Crippen molar-refractivity contribution in [2.45, 2.75) is 27.3 Å². The molecule has 3 aromatic rings. The van der Waals surface area contributed by atoms with Crippen molar-refractivity contribution in [2.24, 2.45) is 4.99 Å². The number of amides is 1. The molecule has 3 rings (SSSR count). The number of methoxy groups -OCH3 is 2. The van der Waals surface area contributed by atoms with Crippen LogP contribution >= 0.6 is 11.3 Å². The molecule has 0 radical (unpaired) electrons. The molecule has 0 spiro atoms. The number of carbonyl (C=O) groups is 2. The molecular weight excluding hydrogens is 428 g/mol. The molecule has 168 valence electrons. The third-order valence-corrected chi connectivity index (χ3v) is 5.96. The number of nitrogens with zero attached hydrogens (tertiary/aromatic N) is 2. The fourth-order valence-electron chi connectivity index (χ4n) is 3.15. The average Bonchev–Trinajstić information content (AvgIpc) is 3.08. The molecule has 0 N–H and O–H groups in total. The number of ether oxygens (including phenoxy) is 3. The first kappa shape index (κ1) is 23.3. The van der Waals surface area contributed by atoms with E-state index in [0.717, 1.165) is 26.9 Å². The molecule has 0 saturated carbocycles. The second kappa shape index (κ2) is 10.3. The Balaban J connectivity index is 1.98. The van der Waals surface area contributed by atoms with Gasteiger partial charge >= 0.3 is 5.97 Å². The van der Waals surface area contributed by atoms with Gasteiger partial charge in [0.25, 0.3) is 5.91 Å². The van der Waals surface area contributed by atoms with Crippen LogP contribution in [0.1, 0.15) is 23.6 Å². The summed E-state index contributed by atoms with van der Waals surface area (Å²) in [4.78, 5) is 29.5. The maximum atomic E-state index is 12.6. The summed E-state index contributed by atoms with van der Waals surface area (Å²) in [6, 6.07) is 9.40. The zero-order valence-electron chi connectivity index (χ0n) is 18.8. The predicted molar refractivity (Wildman–Crippen MR) is 125 cm³/mol. The van der Waals surface area contributed by atoms with Gasteiger partial charge < -0.3 is 18.8 Å². The van der Waals surface area contributed by atoms with Crippen LogP contribution in [0, 0.1) is 13.8 Å². The lowest BCUT2D eigenvalue weighted by atomic mass is 10.1. The van der Waals surface area contributed by atoms with Gasteiger partial charge in [0.15, 0.2) is 16.3 Å². The number of benzene rings is 2. The van der Waals surface area contributed by atoms with E-state index >= 15 is 0 Å². The van der Waals surface area contributed by atoms with Crippen molar-refractivity contribution < 1.29 is 23.8 Å². The number of thiazole rings is 1. The number of esters is 1. The number of carbonyl (C=O) groups excluding carboxylic acids is 2. The quantitative estimate of drug-likeness (QED) is 0.398. The van der Waals surface area contributed by atoms with Gasteiger partial charge in [0.05, 0.1) is 31.0 Å². The number of aryl methyl sites for hydroxylation is 2. The number of rotatable bonds is 7. The van der Waals surface area contributed by atoms with Gasteiger partial charge in [-0.2, -0.15) is 4.99 Å². The van der Waals surface area contributed by atoms with E-state index in [1.807, 2.05) is 32.0 Å². The minimum absolute atomic E-state index is 0.0121. The third-order valence-electron chi connectivity index (χ3n) is 4.92. The monoisotopic (exact) mass is 454 g/mol. The van der Waals surface area contributed by atoms with Crippen LogP contribution in [0.3, 0.4) is 0 Å². The average molecular weight is 455 g/mol. The summed E-state index contributed by atoms with van der Waals surface area (Å²) >= 11 is 1.37. The lowest BCUT2D eigenvalue weighted by Gasteiger charge is -2.07. The number of fused-ring (bicyclic) bond motifs is 1. The SMILES string of the molecule is CCOC(=O)Cn1c(=NC(=O)C=Cc2ccc(OC)c(OC)c2)sc2cc(C)c(C)cc21. The van der Waals surface area contributed by atoms with Gasteiger partial charge in [0.2, 0.25) is 0 Å². The molecule has 1 amide bonds. The van der Waals surface area contributed by atoms with E-state index in [9.17, 15) is 9.59 Å². The zero-order chi connectivity index (χ0) is 23.3. The van der Waals surface area contributed by atoms with Crippen molar-refractivity contribution in [2.75, 3.05) is 20.8 Å².